The first-order chi connectivity index (χ1) is 7.79. The summed E-state index contributed by atoms with van der Waals surface area (Å²) in [6.07, 6.45) is 6.80. The summed E-state index contributed by atoms with van der Waals surface area (Å²) in [5.74, 6) is 0.982. The quantitative estimate of drug-likeness (QED) is 0.795. The fourth-order valence-electron chi connectivity index (χ4n) is 2.25. The van der Waals surface area contributed by atoms with Crippen LogP contribution in [-0.2, 0) is 6.42 Å². The Morgan fingerprint density at radius 2 is 2.38 bits per heavy atom. The lowest BCUT2D eigenvalue weighted by atomic mass is 10.0. The predicted octanol–water partition coefficient (Wildman–Crippen LogP) is 4.22. The summed E-state index contributed by atoms with van der Waals surface area (Å²) in [6.45, 7) is 3.33. The summed E-state index contributed by atoms with van der Waals surface area (Å²) in [5.41, 5.74) is 0. The number of hydrogen-bond acceptors (Lipinski definition) is 2. The predicted molar refractivity (Wildman–Crippen MR) is 75.1 cm³/mol. The Kier molecular flexibility index (Phi) is 4.86. The van der Waals surface area contributed by atoms with Gasteiger partial charge in [-0.05, 0) is 66.6 Å². The van der Waals surface area contributed by atoms with Crippen molar-refractivity contribution in [1.29, 1.82) is 0 Å². The summed E-state index contributed by atoms with van der Waals surface area (Å²) >= 11 is 5.38. The smallest absolute Gasteiger partial charge is 0.0285 e. The Bertz CT molecular complexity index is 319. The van der Waals surface area contributed by atoms with Crippen LogP contribution in [-0.4, -0.2) is 12.6 Å². The van der Waals surface area contributed by atoms with Crippen LogP contribution in [0.5, 0.6) is 0 Å². The van der Waals surface area contributed by atoms with E-state index in [-0.39, 0.29) is 0 Å². The molecule has 1 aliphatic rings. The van der Waals surface area contributed by atoms with Gasteiger partial charge in [0.1, 0.15) is 0 Å². The third-order valence-electron chi connectivity index (χ3n) is 3.22. The molecule has 16 heavy (non-hydrogen) atoms. The maximum Gasteiger partial charge on any atom is 0.0285 e. The number of nitrogens with one attached hydrogen (secondary N) is 1. The molecule has 0 bridgehead atoms. The molecule has 1 saturated carbocycles. The Labute approximate surface area is 111 Å². The van der Waals surface area contributed by atoms with Gasteiger partial charge >= 0.3 is 0 Å². The Balaban J connectivity index is 1.69. The average Bonchev–Trinajstić information content (AvgIpc) is 3.02. The third kappa shape index (κ3) is 3.86. The molecule has 0 aliphatic heterocycles. The molecule has 90 valence electrons. The minimum Gasteiger partial charge on any atom is -0.314 e. The van der Waals surface area contributed by atoms with Gasteiger partial charge in [0.05, 0.1) is 0 Å². The molecule has 1 aromatic heterocycles. The van der Waals surface area contributed by atoms with Crippen molar-refractivity contribution in [2.75, 3.05) is 6.54 Å². The van der Waals surface area contributed by atoms with Gasteiger partial charge in [0.25, 0.3) is 0 Å². The van der Waals surface area contributed by atoms with Gasteiger partial charge in [0.2, 0.25) is 0 Å². The first kappa shape index (κ1) is 12.6. The van der Waals surface area contributed by atoms with Gasteiger partial charge in [-0.15, -0.1) is 11.3 Å². The molecule has 1 aromatic rings. The molecule has 0 amide bonds. The fraction of sp³-hybridized carbons (Fsp3) is 0.692. The van der Waals surface area contributed by atoms with Gasteiger partial charge in [0.15, 0.2) is 0 Å². The summed E-state index contributed by atoms with van der Waals surface area (Å²) in [4.78, 5) is 1.51. The van der Waals surface area contributed by atoms with E-state index in [1.54, 1.807) is 0 Å². The highest BCUT2D eigenvalue weighted by Crippen LogP contribution is 2.34. The Morgan fingerprint density at radius 1 is 1.56 bits per heavy atom. The maximum absolute atomic E-state index is 3.63. The van der Waals surface area contributed by atoms with Gasteiger partial charge in [-0.1, -0.05) is 6.92 Å². The highest BCUT2D eigenvalue weighted by Gasteiger charge is 2.29. The van der Waals surface area contributed by atoms with Crippen molar-refractivity contribution < 1.29 is 0 Å². The lowest BCUT2D eigenvalue weighted by Gasteiger charge is -2.16. The molecular formula is C13H20BrNS. The van der Waals surface area contributed by atoms with Crippen molar-refractivity contribution in [3.05, 3.63) is 20.8 Å². The van der Waals surface area contributed by atoms with Crippen LogP contribution in [0.25, 0.3) is 0 Å². The molecular weight excluding hydrogens is 282 g/mol. The Morgan fingerprint density at radius 3 is 2.94 bits per heavy atom. The number of rotatable bonds is 7. The number of thiophene rings is 1. The summed E-state index contributed by atoms with van der Waals surface area (Å²) in [7, 11) is 0. The molecule has 0 spiro atoms. The highest BCUT2D eigenvalue weighted by atomic mass is 79.9. The molecule has 1 unspecified atom stereocenters. The minimum atomic E-state index is 0.786. The van der Waals surface area contributed by atoms with Crippen LogP contribution in [0.4, 0.5) is 0 Å². The second kappa shape index (κ2) is 6.18. The molecule has 1 fully saturated rings. The SMILES string of the molecule is CCNC(CCCc1cc(Br)cs1)C1CC1. The molecule has 1 atom stereocenters. The number of halogens is 1. The van der Waals surface area contributed by atoms with Gasteiger partial charge in [0, 0.05) is 20.8 Å². The average molecular weight is 302 g/mol. The summed E-state index contributed by atoms with van der Waals surface area (Å²) in [6, 6.07) is 3.04. The van der Waals surface area contributed by atoms with E-state index in [1.165, 1.54) is 41.5 Å². The number of aryl methyl sites for hydroxylation is 1. The number of hydrogen-bond donors (Lipinski definition) is 1. The molecule has 0 aromatic carbocycles. The molecule has 1 N–H and O–H groups in total. The van der Waals surface area contributed by atoms with Gasteiger partial charge in [-0.3, -0.25) is 0 Å². The summed E-state index contributed by atoms with van der Waals surface area (Å²) in [5, 5.41) is 5.81. The van der Waals surface area contributed by atoms with E-state index in [9.17, 15) is 0 Å². The molecule has 1 nitrogen and oxygen atoms in total. The van der Waals surface area contributed by atoms with Crippen LogP contribution in [0.15, 0.2) is 15.9 Å². The maximum atomic E-state index is 3.63. The van der Waals surface area contributed by atoms with E-state index < -0.39 is 0 Å². The zero-order valence-corrected chi connectivity index (χ0v) is 12.2. The van der Waals surface area contributed by atoms with Crippen LogP contribution < -0.4 is 5.32 Å². The lowest BCUT2D eigenvalue weighted by molar-refractivity contribution is 0.435. The standard InChI is InChI=1S/C13H20BrNS/c1-2-15-13(10-6-7-10)5-3-4-12-8-11(14)9-16-12/h8-10,13,15H,2-7H2,1H3. The van der Waals surface area contributed by atoms with Crippen LogP contribution >= 0.6 is 27.3 Å². The Hall–Kier alpha value is 0.140. The zero-order valence-electron chi connectivity index (χ0n) is 9.84. The van der Waals surface area contributed by atoms with Crippen molar-refractivity contribution in [3.63, 3.8) is 0 Å². The second-order valence-electron chi connectivity index (χ2n) is 4.63. The fourth-order valence-corrected chi connectivity index (χ4v) is 3.74. The normalized spacial score (nSPS) is 17.6. The van der Waals surface area contributed by atoms with Crippen LogP contribution in [0.3, 0.4) is 0 Å². The van der Waals surface area contributed by atoms with E-state index in [2.05, 4.69) is 39.6 Å². The van der Waals surface area contributed by atoms with Gasteiger partial charge in [-0.2, -0.15) is 0 Å². The van der Waals surface area contributed by atoms with Crippen molar-refractivity contribution >= 4 is 27.3 Å². The molecule has 2 rings (SSSR count). The molecule has 3 heteroatoms. The minimum absolute atomic E-state index is 0.786. The first-order valence-corrected chi connectivity index (χ1v) is 7.93. The monoisotopic (exact) mass is 301 g/mol. The largest absolute Gasteiger partial charge is 0.314 e. The molecule has 1 aliphatic carbocycles. The first-order valence-electron chi connectivity index (χ1n) is 6.26. The molecule has 1 heterocycles. The lowest BCUT2D eigenvalue weighted by Crippen LogP contribution is -2.30. The van der Waals surface area contributed by atoms with E-state index >= 15 is 0 Å². The van der Waals surface area contributed by atoms with Gasteiger partial charge < -0.3 is 5.32 Å². The van der Waals surface area contributed by atoms with Crippen molar-refractivity contribution in [2.45, 2.75) is 45.1 Å². The van der Waals surface area contributed by atoms with Crippen LogP contribution in [0.2, 0.25) is 0 Å². The second-order valence-corrected chi connectivity index (χ2v) is 6.54. The van der Waals surface area contributed by atoms with E-state index in [4.69, 9.17) is 0 Å². The van der Waals surface area contributed by atoms with Crippen molar-refractivity contribution in [2.24, 2.45) is 5.92 Å². The summed E-state index contributed by atoms with van der Waals surface area (Å²) < 4.78 is 1.23. The van der Waals surface area contributed by atoms with Crippen molar-refractivity contribution in [3.8, 4) is 0 Å². The van der Waals surface area contributed by atoms with E-state index in [1.807, 2.05) is 11.3 Å². The third-order valence-corrected chi connectivity index (χ3v) is 4.97. The van der Waals surface area contributed by atoms with Crippen LogP contribution in [0.1, 0.15) is 37.5 Å². The highest BCUT2D eigenvalue weighted by molar-refractivity contribution is 9.10. The zero-order chi connectivity index (χ0) is 11.4. The topological polar surface area (TPSA) is 12.0 Å². The van der Waals surface area contributed by atoms with E-state index in [0.29, 0.717) is 0 Å². The van der Waals surface area contributed by atoms with Crippen molar-refractivity contribution in [1.82, 2.24) is 5.32 Å². The molecule has 0 radical (unpaired) electrons. The molecule has 0 saturated heterocycles. The van der Waals surface area contributed by atoms with Gasteiger partial charge in [-0.25, -0.2) is 0 Å². The van der Waals surface area contributed by atoms with E-state index in [0.717, 1.165) is 18.5 Å². The van der Waals surface area contributed by atoms with Crippen LogP contribution in [0, 0.1) is 5.92 Å².